The molecule has 0 radical (unpaired) electrons. The van der Waals surface area contributed by atoms with Crippen LogP contribution < -0.4 is 16.4 Å². The van der Waals surface area contributed by atoms with Crippen molar-refractivity contribution in [3.63, 3.8) is 0 Å². The predicted octanol–water partition coefficient (Wildman–Crippen LogP) is 1.01. The zero-order valence-electron chi connectivity index (χ0n) is 11.9. The molecule has 2 unspecified atom stereocenters. The van der Waals surface area contributed by atoms with Crippen molar-refractivity contribution >= 4 is 23.4 Å². The van der Waals surface area contributed by atoms with Crippen LogP contribution in [0.1, 0.15) is 19.4 Å². The summed E-state index contributed by atoms with van der Waals surface area (Å²) >= 11 is 5.93. The van der Waals surface area contributed by atoms with Crippen LogP contribution in [0.4, 0.5) is 0 Å². The van der Waals surface area contributed by atoms with Gasteiger partial charge in [-0.05, 0) is 31.7 Å². The van der Waals surface area contributed by atoms with E-state index < -0.39 is 11.4 Å². The van der Waals surface area contributed by atoms with Gasteiger partial charge in [-0.3, -0.25) is 9.59 Å². The lowest BCUT2D eigenvalue weighted by Crippen LogP contribution is -2.54. The lowest BCUT2D eigenvalue weighted by atomic mass is 9.90. The van der Waals surface area contributed by atoms with Crippen molar-refractivity contribution in [3.05, 3.63) is 34.9 Å². The minimum Gasteiger partial charge on any atom is -0.367 e. The molecule has 2 amide bonds. The van der Waals surface area contributed by atoms with Crippen LogP contribution in [0.25, 0.3) is 0 Å². The van der Waals surface area contributed by atoms with Gasteiger partial charge in [0.15, 0.2) is 0 Å². The van der Waals surface area contributed by atoms with Crippen LogP contribution in [0.3, 0.4) is 0 Å². The average molecular weight is 298 g/mol. The monoisotopic (exact) mass is 297 g/mol. The Morgan fingerprint density at radius 2 is 2.10 bits per heavy atom. The van der Waals surface area contributed by atoms with Gasteiger partial charge in [0.25, 0.3) is 0 Å². The molecule has 0 saturated heterocycles. The van der Waals surface area contributed by atoms with E-state index in [2.05, 4.69) is 10.6 Å². The van der Waals surface area contributed by atoms with Gasteiger partial charge in [0, 0.05) is 17.5 Å². The molecule has 1 aromatic carbocycles. The molecule has 0 bridgehead atoms. The molecule has 0 aromatic heterocycles. The Morgan fingerprint density at radius 3 is 2.60 bits per heavy atom. The highest BCUT2D eigenvalue weighted by molar-refractivity contribution is 6.30. The fourth-order valence-corrected chi connectivity index (χ4v) is 2.03. The van der Waals surface area contributed by atoms with Crippen LogP contribution in [0.15, 0.2) is 24.3 Å². The molecule has 0 aliphatic rings. The highest BCUT2D eigenvalue weighted by Crippen LogP contribution is 2.24. The molecule has 6 heteroatoms. The first-order chi connectivity index (χ1) is 9.31. The number of carbonyl (C=O) groups is 2. The molecule has 1 aromatic rings. The first-order valence-corrected chi connectivity index (χ1v) is 6.71. The molecule has 0 heterocycles. The largest absolute Gasteiger partial charge is 0.367 e. The van der Waals surface area contributed by atoms with E-state index in [4.69, 9.17) is 17.3 Å². The topological polar surface area (TPSA) is 84.2 Å². The highest BCUT2D eigenvalue weighted by atomic mass is 35.5. The minimum absolute atomic E-state index is 0.249. The molecule has 0 aliphatic carbocycles. The summed E-state index contributed by atoms with van der Waals surface area (Å²) < 4.78 is 0. The number of primary amides is 1. The Bertz CT molecular complexity index is 507. The summed E-state index contributed by atoms with van der Waals surface area (Å²) in [5.74, 6) is -1.16. The minimum atomic E-state index is -1.29. The summed E-state index contributed by atoms with van der Waals surface area (Å²) in [4.78, 5) is 23.9. The Kier molecular flexibility index (Phi) is 5.53. The van der Waals surface area contributed by atoms with Gasteiger partial charge in [-0.15, -0.1) is 0 Å². The second-order valence-corrected chi connectivity index (χ2v) is 5.38. The van der Waals surface area contributed by atoms with Crippen LogP contribution in [-0.4, -0.2) is 25.4 Å². The first kappa shape index (κ1) is 16.5. The van der Waals surface area contributed by atoms with E-state index in [1.165, 1.54) is 0 Å². The summed E-state index contributed by atoms with van der Waals surface area (Å²) in [6.07, 6.45) is 0. The number of hydrogen-bond donors (Lipinski definition) is 3. The third-order valence-electron chi connectivity index (χ3n) is 3.23. The standard InChI is InChI=1S/C14H20ClN3O2/c1-9(8-17-3)12(19)18-14(2,13(16)20)10-5-4-6-11(15)7-10/h4-7,9,17H,8H2,1-3H3,(H2,16,20)(H,18,19). The van der Waals surface area contributed by atoms with Crippen LogP contribution in [-0.2, 0) is 15.1 Å². The quantitative estimate of drug-likeness (QED) is 0.733. The van der Waals surface area contributed by atoms with Gasteiger partial charge >= 0.3 is 0 Å². The Hall–Kier alpha value is -1.59. The van der Waals surface area contributed by atoms with Crippen molar-refractivity contribution in [1.29, 1.82) is 0 Å². The number of nitrogens with two attached hydrogens (primary N) is 1. The number of benzene rings is 1. The maximum Gasteiger partial charge on any atom is 0.247 e. The maximum absolute atomic E-state index is 12.1. The normalized spacial score (nSPS) is 15.2. The van der Waals surface area contributed by atoms with Crippen LogP contribution >= 0.6 is 11.6 Å². The Balaban J connectivity index is 3.04. The van der Waals surface area contributed by atoms with E-state index in [0.29, 0.717) is 17.1 Å². The summed E-state index contributed by atoms with van der Waals surface area (Å²) in [6.45, 7) is 3.85. The van der Waals surface area contributed by atoms with Crippen molar-refractivity contribution in [2.45, 2.75) is 19.4 Å². The summed E-state index contributed by atoms with van der Waals surface area (Å²) in [5.41, 5.74) is 4.73. The summed E-state index contributed by atoms with van der Waals surface area (Å²) in [7, 11) is 1.76. The molecule has 4 N–H and O–H groups in total. The Morgan fingerprint density at radius 1 is 1.45 bits per heavy atom. The second-order valence-electron chi connectivity index (χ2n) is 4.95. The summed E-state index contributed by atoms with van der Waals surface area (Å²) in [6, 6.07) is 6.73. The zero-order chi connectivity index (χ0) is 15.3. The maximum atomic E-state index is 12.1. The fraction of sp³-hybridized carbons (Fsp3) is 0.429. The van der Waals surface area contributed by atoms with E-state index in [1.54, 1.807) is 45.2 Å². The number of rotatable bonds is 6. The molecule has 1 rings (SSSR count). The van der Waals surface area contributed by atoms with E-state index in [1.807, 2.05) is 0 Å². The van der Waals surface area contributed by atoms with Crippen molar-refractivity contribution < 1.29 is 9.59 Å². The third-order valence-corrected chi connectivity index (χ3v) is 3.46. The number of nitrogens with one attached hydrogen (secondary N) is 2. The third kappa shape index (κ3) is 3.71. The molecule has 0 aliphatic heterocycles. The average Bonchev–Trinajstić information content (AvgIpc) is 2.38. The zero-order valence-corrected chi connectivity index (χ0v) is 12.6. The number of amides is 2. The molecular formula is C14H20ClN3O2. The molecule has 0 spiro atoms. The number of carbonyl (C=O) groups excluding carboxylic acids is 2. The van der Waals surface area contributed by atoms with E-state index in [9.17, 15) is 9.59 Å². The first-order valence-electron chi connectivity index (χ1n) is 6.34. The van der Waals surface area contributed by atoms with Gasteiger partial charge < -0.3 is 16.4 Å². The molecule has 20 heavy (non-hydrogen) atoms. The van der Waals surface area contributed by atoms with Crippen molar-refractivity contribution in [3.8, 4) is 0 Å². The summed E-state index contributed by atoms with van der Waals surface area (Å²) in [5, 5.41) is 6.10. The van der Waals surface area contributed by atoms with Gasteiger partial charge in [0.1, 0.15) is 5.54 Å². The van der Waals surface area contributed by atoms with Crippen LogP contribution in [0.2, 0.25) is 5.02 Å². The van der Waals surface area contributed by atoms with Crippen molar-refractivity contribution in [2.75, 3.05) is 13.6 Å². The van der Waals surface area contributed by atoms with Crippen molar-refractivity contribution in [2.24, 2.45) is 11.7 Å². The smallest absolute Gasteiger partial charge is 0.247 e. The number of hydrogen-bond acceptors (Lipinski definition) is 3. The van der Waals surface area contributed by atoms with Crippen LogP contribution in [0.5, 0.6) is 0 Å². The predicted molar refractivity (Wildman–Crippen MR) is 79.2 cm³/mol. The molecule has 2 atom stereocenters. The fourth-order valence-electron chi connectivity index (χ4n) is 1.84. The lowest BCUT2D eigenvalue weighted by Gasteiger charge is -2.29. The molecule has 0 saturated carbocycles. The van der Waals surface area contributed by atoms with Gasteiger partial charge in [0.05, 0.1) is 0 Å². The SMILES string of the molecule is CNCC(C)C(=O)NC(C)(C(N)=O)c1cccc(Cl)c1. The van der Waals surface area contributed by atoms with Gasteiger partial charge in [-0.1, -0.05) is 30.7 Å². The second kappa shape index (κ2) is 6.72. The lowest BCUT2D eigenvalue weighted by molar-refractivity contribution is -0.133. The molecule has 5 nitrogen and oxygen atoms in total. The van der Waals surface area contributed by atoms with Gasteiger partial charge in [-0.25, -0.2) is 0 Å². The van der Waals surface area contributed by atoms with E-state index in [0.717, 1.165) is 0 Å². The van der Waals surface area contributed by atoms with E-state index >= 15 is 0 Å². The molecule has 110 valence electrons. The molecular weight excluding hydrogens is 278 g/mol. The van der Waals surface area contributed by atoms with E-state index in [-0.39, 0.29) is 11.8 Å². The van der Waals surface area contributed by atoms with Gasteiger partial charge in [0.2, 0.25) is 11.8 Å². The van der Waals surface area contributed by atoms with Crippen LogP contribution in [0, 0.1) is 5.92 Å². The highest BCUT2D eigenvalue weighted by Gasteiger charge is 2.36. The van der Waals surface area contributed by atoms with Crippen molar-refractivity contribution in [1.82, 2.24) is 10.6 Å². The number of halogens is 1. The molecule has 0 fully saturated rings. The van der Waals surface area contributed by atoms with Gasteiger partial charge in [-0.2, -0.15) is 0 Å². The Labute approximate surface area is 123 Å².